The van der Waals surface area contributed by atoms with Crippen molar-refractivity contribution < 1.29 is 18.7 Å². The molecule has 0 radical (unpaired) electrons. The van der Waals surface area contributed by atoms with Crippen molar-refractivity contribution in [1.82, 2.24) is 5.32 Å². The van der Waals surface area contributed by atoms with Gasteiger partial charge in [-0.15, -0.1) is 0 Å². The molecule has 3 N–H and O–H groups in total. The summed E-state index contributed by atoms with van der Waals surface area (Å²) in [5.41, 5.74) is 6.12. The van der Waals surface area contributed by atoms with E-state index < -0.39 is 17.7 Å². The number of hydrogen-bond donors (Lipinski definition) is 2. The summed E-state index contributed by atoms with van der Waals surface area (Å²) in [4.78, 5) is 11.7. The molecule has 2 aliphatic rings. The van der Waals surface area contributed by atoms with Crippen LogP contribution < -0.4 is 11.1 Å². The van der Waals surface area contributed by atoms with Crippen LogP contribution in [0.3, 0.4) is 0 Å². The van der Waals surface area contributed by atoms with Gasteiger partial charge in [0.2, 0.25) is 5.91 Å². The zero-order chi connectivity index (χ0) is 17.2. The van der Waals surface area contributed by atoms with Crippen LogP contribution in [0.4, 0.5) is 4.39 Å². The minimum absolute atomic E-state index is 0.110. The molecule has 2 fully saturated rings. The lowest BCUT2D eigenvalue weighted by molar-refractivity contribution is -0.191. The summed E-state index contributed by atoms with van der Waals surface area (Å²) >= 11 is 0. The van der Waals surface area contributed by atoms with Crippen molar-refractivity contribution in [3.05, 3.63) is 35.6 Å². The van der Waals surface area contributed by atoms with Crippen molar-refractivity contribution in [1.29, 1.82) is 0 Å². The minimum Gasteiger partial charge on any atom is -0.368 e. The smallest absolute Gasteiger partial charge is 0.239 e. The Kier molecular flexibility index (Phi) is 5.18. The van der Waals surface area contributed by atoms with Gasteiger partial charge in [-0.2, -0.15) is 0 Å². The summed E-state index contributed by atoms with van der Waals surface area (Å²) < 4.78 is 25.1. The molecule has 0 aromatic heterocycles. The lowest BCUT2D eigenvalue weighted by Crippen LogP contribution is -2.40. The maximum Gasteiger partial charge on any atom is 0.239 e. The fourth-order valence-corrected chi connectivity index (χ4v) is 3.47. The number of primary amides is 1. The molecule has 5 nitrogen and oxygen atoms in total. The van der Waals surface area contributed by atoms with E-state index in [-0.39, 0.29) is 11.9 Å². The van der Waals surface area contributed by atoms with E-state index in [1.165, 1.54) is 12.1 Å². The molecule has 1 aromatic carbocycles. The predicted octanol–water partition coefficient (Wildman–Crippen LogP) is 2.26. The first-order valence-electron chi connectivity index (χ1n) is 8.57. The summed E-state index contributed by atoms with van der Waals surface area (Å²) in [5, 5.41) is 3.13. The highest BCUT2D eigenvalue weighted by molar-refractivity contribution is 5.81. The standard InChI is InChI=1S/C18H25FN2O3/c1-12-6-8-18(9-7-12)23-11-15(24-18)10-21-16(17(20)22)13-2-4-14(19)5-3-13/h2-5,12,15-16,21H,6-11H2,1H3,(H2,20,22). The highest BCUT2D eigenvalue weighted by Crippen LogP contribution is 2.39. The van der Waals surface area contributed by atoms with E-state index in [0.29, 0.717) is 18.7 Å². The molecule has 1 amide bonds. The Morgan fingerprint density at radius 3 is 2.67 bits per heavy atom. The van der Waals surface area contributed by atoms with E-state index in [1.807, 2.05) is 0 Å². The first kappa shape index (κ1) is 17.3. The van der Waals surface area contributed by atoms with Gasteiger partial charge in [-0.05, 0) is 36.5 Å². The van der Waals surface area contributed by atoms with Crippen LogP contribution in [0, 0.1) is 11.7 Å². The first-order valence-corrected chi connectivity index (χ1v) is 8.57. The van der Waals surface area contributed by atoms with Gasteiger partial charge >= 0.3 is 0 Å². The van der Waals surface area contributed by atoms with Gasteiger partial charge in [-0.3, -0.25) is 10.1 Å². The van der Waals surface area contributed by atoms with Gasteiger partial charge < -0.3 is 15.2 Å². The number of nitrogens with two attached hydrogens (primary N) is 1. The number of benzene rings is 1. The van der Waals surface area contributed by atoms with Gasteiger partial charge in [0, 0.05) is 19.4 Å². The number of halogens is 1. The first-order chi connectivity index (χ1) is 11.5. The van der Waals surface area contributed by atoms with Crippen molar-refractivity contribution in [2.75, 3.05) is 13.2 Å². The second kappa shape index (κ2) is 7.17. The molecule has 2 atom stereocenters. The molecule has 0 bridgehead atoms. The van der Waals surface area contributed by atoms with Crippen LogP contribution in [0.5, 0.6) is 0 Å². The van der Waals surface area contributed by atoms with E-state index in [1.54, 1.807) is 12.1 Å². The average Bonchev–Trinajstić information content (AvgIpc) is 2.95. The van der Waals surface area contributed by atoms with E-state index in [0.717, 1.165) is 31.6 Å². The van der Waals surface area contributed by atoms with Gasteiger partial charge in [-0.25, -0.2) is 4.39 Å². The van der Waals surface area contributed by atoms with Gasteiger partial charge in [0.15, 0.2) is 5.79 Å². The zero-order valence-electron chi connectivity index (χ0n) is 14.0. The summed E-state index contributed by atoms with van der Waals surface area (Å²) in [7, 11) is 0. The second-order valence-corrected chi connectivity index (χ2v) is 6.94. The van der Waals surface area contributed by atoms with Crippen LogP contribution in [0.2, 0.25) is 0 Å². The van der Waals surface area contributed by atoms with Gasteiger partial charge in [0.25, 0.3) is 0 Å². The van der Waals surface area contributed by atoms with E-state index in [2.05, 4.69) is 12.2 Å². The Bertz CT molecular complexity index is 570. The lowest BCUT2D eigenvalue weighted by atomic mass is 9.86. The van der Waals surface area contributed by atoms with Gasteiger partial charge in [0.1, 0.15) is 11.9 Å². The lowest BCUT2D eigenvalue weighted by Gasteiger charge is -2.34. The van der Waals surface area contributed by atoms with Gasteiger partial charge in [0.05, 0.1) is 12.7 Å². The molecule has 3 rings (SSSR count). The number of rotatable bonds is 5. The maximum atomic E-state index is 13.0. The third kappa shape index (κ3) is 3.94. The largest absolute Gasteiger partial charge is 0.368 e. The third-order valence-electron chi connectivity index (χ3n) is 4.99. The van der Waals surface area contributed by atoms with Crippen LogP contribution >= 0.6 is 0 Å². The van der Waals surface area contributed by atoms with Crippen LogP contribution in [-0.4, -0.2) is 30.9 Å². The summed E-state index contributed by atoms with van der Waals surface area (Å²) in [6, 6.07) is 5.10. The SMILES string of the molecule is CC1CCC2(CC1)OCC(CNC(C(N)=O)c1ccc(F)cc1)O2. The van der Waals surface area contributed by atoms with Crippen molar-refractivity contribution in [2.45, 2.75) is 50.5 Å². The predicted molar refractivity (Wildman–Crippen MR) is 87.5 cm³/mol. The highest BCUT2D eigenvalue weighted by atomic mass is 19.1. The van der Waals surface area contributed by atoms with Crippen LogP contribution in [0.1, 0.15) is 44.2 Å². The number of ether oxygens (including phenoxy) is 2. The van der Waals surface area contributed by atoms with Crippen LogP contribution in [0.15, 0.2) is 24.3 Å². The second-order valence-electron chi connectivity index (χ2n) is 6.94. The Morgan fingerprint density at radius 1 is 1.38 bits per heavy atom. The van der Waals surface area contributed by atoms with E-state index in [4.69, 9.17) is 15.2 Å². The molecular formula is C18H25FN2O3. The topological polar surface area (TPSA) is 73.6 Å². The number of amides is 1. The molecule has 24 heavy (non-hydrogen) atoms. The van der Waals surface area contributed by atoms with E-state index >= 15 is 0 Å². The molecule has 1 saturated heterocycles. The Labute approximate surface area is 141 Å². The van der Waals surface area contributed by atoms with Gasteiger partial charge in [-0.1, -0.05) is 19.1 Å². The van der Waals surface area contributed by atoms with Crippen molar-refractivity contribution in [3.8, 4) is 0 Å². The zero-order valence-corrected chi connectivity index (χ0v) is 14.0. The molecular weight excluding hydrogens is 311 g/mol. The molecule has 132 valence electrons. The number of hydrogen-bond acceptors (Lipinski definition) is 4. The van der Waals surface area contributed by atoms with Crippen molar-refractivity contribution in [2.24, 2.45) is 11.7 Å². The van der Waals surface area contributed by atoms with Crippen LogP contribution in [0.25, 0.3) is 0 Å². The Morgan fingerprint density at radius 2 is 2.04 bits per heavy atom. The molecule has 1 aliphatic carbocycles. The molecule has 1 aliphatic heterocycles. The number of nitrogens with one attached hydrogen (secondary N) is 1. The number of carbonyl (C=O) groups is 1. The number of carbonyl (C=O) groups excluding carboxylic acids is 1. The normalized spacial score (nSPS) is 31.2. The molecule has 6 heteroatoms. The molecule has 1 spiro atoms. The third-order valence-corrected chi connectivity index (χ3v) is 4.99. The Balaban J connectivity index is 1.56. The average molecular weight is 336 g/mol. The van der Waals surface area contributed by atoms with Crippen molar-refractivity contribution >= 4 is 5.91 Å². The summed E-state index contributed by atoms with van der Waals surface area (Å²) in [5.74, 6) is -0.570. The fraction of sp³-hybridized carbons (Fsp3) is 0.611. The highest BCUT2D eigenvalue weighted by Gasteiger charge is 2.43. The van der Waals surface area contributed by atoms with E-state index in [9.17, 15) is 9.18 Å². The van der Waals surface area contributed by atoms with Crippen molar-refractivity contribution in [3.63, 3.8) is 0 Å². The summed E-state index contributed by atoms with van der Waals surface area (Å²) in [6.07, 6.45) is 3.95. The van der Waals surface area contributed by atoms with Crippen LogP contribution in [-0.2, 0) is 14.3 Å². The Hall–Kier alpha value is -1.50. The fourth-order valence-electron chi connectivity index (χ4n) is 3.47. The maximum absolute atomic E-state index is 13.0. The summed E-state index contributed by atoms with van der Waals surface area (Å²) in [6.45, 7) is 3.22. The molecule has 1 saturated carbocycles. The molecule has 2 unspecified atom stereocenters. The minimum atomic E-state index is -0.669. The quantitative estimate of drug-likeness (QED) is 0.865. The molecule has 1 aromatic rings. The molecule has 1 heterocycles. The monoisotopic (exact) mass is 336 g/mol.